The Morgan fingerprint density at radius 3 is 2.67 bits per heavy atom. The van der Waals surface area contributed by atoms with Gasteiger partial charge >= 0.3 is 0 Å². The van der Waals surface area contributed by atoms with Gasteiger partial charge in [0.1, 0.15) is 5.75 Å². The van der Waals surface area contributed by atoms with Gasteiger partial charge in [0.15, 0.2) is 0 Å². The zero-order valence-electron chi connectivity index (χ0n) is 6.80. The van der Waals surface area contributed by atoms with E-state index >= 15 is 0 Å². The molecule has 0 amide bonds. The van der Waals surface area contributed by atoms with Crippen molar-refractivity contribution in [3.05, 3.63) is 24.5 Å². The summed E-state index contributed by atoms with van der Waals surface area (Å²) in [6, 6.07) is 3.25. The highest BCUT2D eigenvalue weighted by Gasteiger charge is 1.76. The van der Waals surface area contributed by atoms with Crippen molar-refractivity contribution in [2.24, 2.45) is 0 Å². The molecule has 0 aliphatic heterocycles. The number of hydrogen-bond acceptors (Lipinski definition) is 4. The van der Waals surface area contributed by atoms with Gasteiger partial charge in [0.25, 0.3) is 6.47 Å². The maximum atomic E-state index is 9.18. The van der Waals surface area contributed by atoms with Crippen molar-refractivity contribution in [1.29, 1.82) is 0 Å². The van der Waals surface area contributed by atoms with Crippen LogP contribution in [0.25, 0.3) is 0 Å². The zero-order valence-corrected chi connectivity index (χ0v) is 6.80. The van der Waals surface area contributed by atoms with Crippen molar-refractivity contribution in [2.75, 3.05) is 6.61 Å². The second-order valence-electron chi connectivity index (χ2n) is 1.76. The number of ether oxygens (including phenoxy) is 1. The van der Waals surface area contributed by atoms with Gasteiger partial charge in [0, 0.05) is 6.20 Å². The lowest BCUT2D eigenvalue weighted by Gasteiger charge is -1.81. The van der Waals surface area contributed by atoms with E-state index in [1.54, 1.807) is 25.3 Å². The lowest BCUT2D eigenvalue weighted by atomic mass is 10.5. The average Bonchev–Trinajstić information content (AvgIpc) is 2.08. The molecule has 0 bridgehead atoms. The molecule has 0 spiro atoms. The fourth-order valence-corrected chi connectivity index (χ4v) is 0.422. The molecule has 0 saturated carbocycles. The Labute approximate surface area is 70.8 Å². The molecule has 0 radical (unpaired) electrons. The lowest BCUT2D eigenvalue weighted by molar-refractivity contribution is -0.128. The molecule has 0 aliphatic carbocycles. The molecule has 1 heterocycles. The van der Waals surface area contributed by atoms with Crippen molar-refractivity contribution in [1.82, 2.24) is 4.98 Å². The van der Waals surface area contributed by atoms with Gasteiger partial charge in [-0.1, -0.05) is 0 Å². The van der Waals surface area contributed by atoms with E-state index in [0.29, 0.717) is 13.1 Å². The first-order valence-electron chi connectivity index (χ1n) is 3.45. The number of aromatic hydroxyl groups is 1. The van der Waals surface area contributed by atoms with E-state index in [9.17, 15) is 4.79 Å². The predicted molar refractivity (Wildman–Crippen MR) is 43.6 cm³/mol. The van der Waals surface area contributed by atoms with Crippen LogP contribution in [0.5, 0.6) is 5.75 Å². The first kappa shape index (κ1) is 10.4. The van der Waals surface area contributed by atoms with Crippen molar-refractivity contribution >= 4 is 6.47 Å². The molecule has 0 fully saturated rings. The minimum absolute atomic E-state index is 0.211. The predicted octanol–water partition coefficient (Wildman–Crippen LogP) is 0.966. The monoisotopic (exact) mass is 169 g/mol. The van der Waals surface area contributed by atoms with Crippen LogP contribution >= 0.6 is 0 Å². The number of carbonyl (C=O) groups excluding carboxylic acids is 1. The van der Waals surface area contributed by atoms with E-state index in [2.05, 4.69) is 9.72 Å². The Balaban J connectivity index is 0.000000217. The highest BCUT2D eigenvalue weighted by Crippen LogP contribution is 1.99. The summed E-state index contributed by atoms with van der Waals surface area (Å²) in [6.07, 6.45) is 3.00. The SMILES string of the molecule is CCOC=O.Oc1cccnc1. The first-order chi connectivity index (χ1) is 5.81. The van der Waals surface area contributed by atoms with Crippen LogP contribution in [-0.4, -0.2) is 23.2 Å². The third-order valence-electron chi connectivity index (χ3n) is 0.881. The molecule has 1 aromatic rings. The van der Waals surface area contributed by atoms with Crippen LogP contribution in [-0.2, 0) is 9.53 Å². The van der Waals surface area contributed by atoms with Gasteiger partial charge in [-0.05, 0) is 19.1 Å². The average molecular weight is 169 g/mol. The Morgan fingerprint density at radius 2 is 2.50 bits per heavy atom. The van der Waals surface area contributed by atoms with Gasteiger partial charge in [-0.25, -0.2) is 0 Å². The Morgan fingerprint density at radius 1 is 1.75 bits per heavy atom. The number of rotatable bonds is 2. The first-order valence-corrected chi connectivity index (χ1v) is 3.45. The number of pyridine rings is 1. The summed E-state index contributed by atoms with van der Waals surface area (Å²) in [5.41, 5.74) is 0. The maximum Gasteiger partial charge on any atom is 0.293 e. The summed E-state index contributed by atoms with van der Waals surface area (Å²) in [4.78, 5) is 12.8. The molecule has 4 nitrogen and oxygen atoms in total. The standard InChI is InChI=1S/C5H5NO.C3H6O2/c7-5-2-1-3-6-4-5;1-2-5-3-4/h1-4,7H;3H,2H2,1H3. The minimum Gasteiger partial charge on any atom is -0.506 e. The number of carbonyl (C=O) groups is 1. The quantitative estimate of drug-likeness (QED) is 0.670. The molecule has 1 N–H and O–H groups in total. The largest absolute Gasteiger partial charge is 0.506 e. The Hall–Kier alpha value is -1.58. The Bertz CT molecular complexity index is 201. The molecular weight excluding hydrogens is 158 g/mol. The number of hydrogen-bond donors (Lipinski definition) is 1. The van der Waals surface area contributed by atoms with Crippen LogP contribution in [0.1, 0.15) is 6.92 Å². The molecule has 0 unspecified atom stereocenters. The van der Waals surface area contributed by atoms with Crippen molar-refractivity contribution in [2.45, 2.75) is 6.92 Å². The fourth-order valence-electron chi connectivity index (χ4n) is 0.422. The van der Waals surface area contributed by atoms with Gasteiger partial charge in [-0.3, -0.25) is 9.78 Å². The van der Waals surface area contributed by atoms with Crippen LogP contribution < -0.4 is 0 Å². The second-order valence-corrected chi connectivity index (χ2v) is 1.76. The van der Waals surface area contributed by atoms with E-state index in [0.717, 1.165) is 0 Å². The number of aromatic nitrogens is 1. The third kappa shape index (κ3) is 6.54. The molecule has 0 aromatic carbocycles. The maximum absolute atomic E-state index is 9.18. The normalized spacial score (nSPS) is 7.75. The molecule has 0 atom stereocenters. The molecule has 12 heavy (non-hydrogen) atoms. The van der Waals surface area contributed by atoms with Gasteiger partial charge in [0.2, 0.25) is 0 Å². The zero-order chi connectivity index (χ0) is 9.23. The van der Waals surface area contributed by atoms with Gasteiger partial charge in [0.05, 0.1) is 12.8 Å². The topological polar surface area (TPSA) is 59.4 Å². The molecule has 4 heteroatoms. The van der Waals surface area contributed by atoms with E-state index in [1.807, 2.05) is 0 Å². The fraction of sp³-hybridized carbons (Fsp3) is 0.250. The van der Waals surface area contributed by atoms with Crippen molar-refractivity contribution in [3.8, 4) is 5.75 Å². The minimum atomic E-state index is 0.211. The molecule has 1 rings (SSSR count). The summed E-state index contributed by atoms with van der Waals surface area (Å²) in [5.74, 6) is 0.211. The third-order valence-corrected chi connectivity index (χ3v) is 0.881. The molecular formula is C8H11NO3. The summed E-state index contributed by atoms with van der Waals surface area (Å²) in [5, 5.41) is 8.57. The summed E-state index contributed by atoms with van der Waals surface area (Å²) < 4.78 is 4.15. The lowest BCUT2D eigenvalue weighted by Crippen LogP contribution is -1.80. The summed E-state index contributed by atoms with van der Waals surface area (Å²) >= 11 is 0. The highest BCUT2D eigenvalue weighted by molar-refractivity contribution is 5.36. The smallest absolute Gasteiger partial charge is 0.293 e. The van der Waals surface area contributed by atoms with E-state index in [1.165, 1.54) is 6.20 Å². The van der Waals surface area contributed by atoms with Crippen LogP contribution in [0.4, 0.5) is 0 Å². The summed E-state index contributed by atoms with van der Waals surface area (Å²) in [6.45, 7) is 2.66. The van der Waals surface area contributed by atoms with Gasteiger partial charge in [-0.15, -0.1) is 0 Å². The highest BCUT2D eigenvalue weighted by atomic mass is 16.5. The van der Waals surface area contributed by atoms with Crippen LogP contribution in [0.3, 0.4) is 0 Å². The molecule has 1 aromatic heterocycles. The molecule has 0 aliphatic rings. The van der Waals surface area contributed by atoms with Gasteiger partial charge < -0.3 is 9.84 Å². The second kappa shape index (κ2) is 7.53. The molecule has 0 saturated heterocycles. The van der Waals surface area contributed by atoms with Crippen LogP contribution in [0, 0.1) is 0 Å². The summed E-state index contributed by atoms with van der Waals surface area (Å²) in [7, 11) is 0. The van der Waals surface area contributed by atoms with Gasteiger partial charge in [-0.2, -0.15) is 0 Å². The van der Waals surface area contributed by atoms with Crippen molar-refractivity contribution < 1.29 is 14.6 Å². The van der Waals surface area contributed by atoms with E-state index < -0.39 is 0 Å². The van der Waals surface area contributed by atoms with E-state index in [4.69, 9.17) is 5.11 Å². The van der Waals surface area contributed by atoms with Crippen LogP contribution in [0.2, 0.25) is 0 Å². The van der Waals surface area contributed by atoms with Crippen molar-refractivity contribution in [3.63, 3.8) is 0 Å². The van der Waals surface area contributed by atoms with Crippen LogP contribution in [0.15, 0.2) is 24.5 Å². The van der Waals surface area contributed by atoms with E-state index in [-0.39, 0.29) is 5.75 Å². The molecule has 66 valence electrons. The number of nitrogens with zero attached hydrogens (tertiary/aromatic N) is 1. The Kier molecular flexibility index (Phi) is 6.54.